The van der Waals surface area contributed by atoms with E-state index in [0.717, 1.165) is 0 Å². The van der Waals surface area contributed by atoms with Crippen molar-refractivity contribution in [2.24, 2.45) is 0 Å². The van der Waals surface area contributed by atoms with Gasteiger partial charge in [-0.25, -0.2) is 0 Å². The van der Waals surface area contributed by atoms with E-state index in [4.69, 9.17) is 14.8 Å². The monoisotopic (exact) mass is 294 g/mol. The summed E-state index contributed by atoms with van der Waals surface area (Å²) in [6, 6.07) is 0. The van der Waals surface area contributed by atoms with Crippen LogP contribution in [0, 0.1) is 0 Å². The van der Waals surface area contributed by atoms with E-state index in [2.05, 4.69) is 0 Å². The standard InChI is InChI=1S/C4H6O7S.4Na.4H/c5-3(6)1-2(4(7)8)12(9,10)11;;;;;;;;/h2H,1H2,(H,5,6)(H,7,8)(H,9,10,11);;;;;;;;. The van der Waals surface area contributed by atoms with Gasteiger partial charge < -0.3 is 10.2 Å². The van der Waals surface area contributed by atoms with Gasteiger partial charge in [-0.05, 0) is 0 Å². The molecular weight excluding hydrogens is 284 g/mol. The predicted molar refractivity (Wildman–Crippen MR) is 63.8 cm³/mol. The van der Waals surface area contributed by atoms with E-state index in [0.29, 0.717) is 0 Å². The molecule has 0 aromatic heterocycles. The van der Waals surface area contributed by atoms with Crippen molar-refractivity contribution >= 4 is 140 Å². The number of carboxylic acid groups (broad SMARTS) is 2. The van der Waals surface area contributed by atoms with Gasteiger partial charge in [-0.3, -0.25) is 14.1 Å². The van der Waals surface area contributed by atoms with Crippen LogP contribution in [0.3, 0.4) is 0 Å². The first kappa shape index (κ1) is 31.3. The minimum absolute atomic E-state index is 0. The molecule has 0 aliphatic heterocycles. The molecule has 16 heavy (non-hydrogen) atoms. The van der Waals surface area contributed by atoms with Gasteiger partial charge in [0, 0.05) is 0 Å². The Morgan fingerprint density at radius 2 is 1.31 bits per heavy atom. The average Bonchev–Trinajstić information content (AvgIpc) is 1.79. The number of hydrogen-bond acceptors (Lipinski definition) is 4. The zero-order valence-electron chi connectivity index (χ0n) is 5.67. The Kier molecular flexibility index (Phi) is 27.9. The van der Waals surface area contributed by atoms with E-state index in [-0.39, 0.29) is 118 Å². The molecule has 0 spiro atoms. The molecular formula is C4H10Na4O7S. The first-order valence-corrected chi connectivity index (χ1v) is 4.16. The fourth-order valence-electron chi connectivity index (χ4n) is 0.479. The maximum absolute atomic E-state index is 10.2. The van der Waals surface area contributed by atoms with Gasteiger partial charge >= 0.3 is 130 Å². The number of rotatable bonds is 4. The Morgan fingerprint density at radius 1 is 1.00 bits per heavy atom. The second kappa shape index (κ2) is 14.3. The van der Waals surface area contributed by atoms with Gasteiger partial charge in [0.2, 0.25) is 0 Å². The van der Waals surface area contributed by atoms with E-state index in [9.17, 15) is 18.0 Å². The van der Waals surface area contributed by atoms with Crippen molar-refractivity contribution in [2.45, 2.75) is 11.7 Å². The van der Waals surface area contributed by atoms with Gasteiger partial charge in [-0.1, -0.05) is 0 Å². The average molecular weight is 294 g/mol. The summed E-state index contributed by atoms with van der Waals surface area (Å²) in [4.78, 5) is 20.0. The van der Waals surface area contributed by atoms with Gasteiger partial charge in [0.25, 0.3) is 10.1 Å². The van der Waals surface area contributed by atoms with E-state index < -0.39 is 33.7 Å². The molecule has 0 aromatic rings. The molecule has 0 heterocycles. The molecule has 3 N–H and O–H groups in total. The van der Waals surface area contributed by atoms with Crippen LogP contribution in [-0.4, -0.2) is 159 Å². The van der Waals surface area contributed by atoms with Crippen LogP contribution in [0.15, 0.2) is 0 Å². The van der Waals surface area contributed by atoms with Gasteiger partial charge in [-0.15, -0.1) is 0 Å². The Balaban J connectivity index is -0.000000101. The molecule has 7 nitrogen and oxygen atoms in total. The molecule has 1 atom stereocenters. The van der Waals surface area contributed by atoms with Crippen molar-refractivity contribution in [3.8, 4) is 0 Å². The van der Waals surface area contributed by atoms with Crippen LogP contribution < -0.4 is 0 Å². The molecule has 12 heteroatoms. The molecule has 0 aliphatic carbocycles. The third kappa shape index (κ3) is 14.9. The van der Waals surface area contributed by atoms with E-state index in [1.54, 1.807) is 0 Å². The molecule has 0 saturated heterocycles. The zero-order valence-corrected chi connectivity index (χ0v) is 6.48. The Labute approximate surface area is 181 Å². The molecule has 0 aliphatic rings. The van der Waals surface area contributed by atoms with Crippen molar-refractivity contribution in [3.63, 3.8) is 0 Å². The maximum atomic E-state index is 10.2. The molecule has 0 bridgehead atoms. The zero-order chi connectivity index (χ0) is 9.94. The summed E-state index contributed by atoms with van der Waals surface area (Å²) in [5, 5.41) is 13.9. The van der Waals surface area contributed by atoms with Crippen molar-refractivity contribution < 1.29 is 32.8 Å². The topological polar surface area (TPSA) is 129 Å². The summed E-state index contributed by atoms with van der Waals surface area (Å²) in [6.45, 7) is 0. The first-order valence-electron chi connectivity index (χ1n) is 2.66. The number of carbonyl (C=O) groups is 2. The first-order chi connectivity index (χ1) is 5.25. The summed E-state index contributed by atoms with van der Waals surface area (Å²) in [6.07, 6.45) is -1.16. The number of carboxylic acids is 2. The third-order valence-electron chi connectivity index (χ3n) is 0.995. The van der Waals surface area contributed by atoms with Gasteiger partial charge in [-0.2, -0.15) is 8.42 Å². The second-order valence-corrected chi connectivity index (χ2v) is 3.54. The summed E-state index contributed by atoms with van der Waals surface area (Å²) in [7, 11) is -4.84. The fourth-order valence-corrected chi connectivity index (χ4v) is 1.09. The fraction of sp³-hybridized carbons (Fsp3) is 0.500. The van der Waals surface area contributed by atoms with Crippen molar-refractivity contribution in [1.82, 2.24) is 0 Å². The SMILES string of the molecule is O=C(O)CC(C(=O)O)S(=O)(=O)O.[NaH].[NaH].[NaH].[NaH]. The van der Waals surface area contributed by atoms with Crippen molar-refractivity contribution in [1.29, 1.82) is 0 Å². The molecule has 78 valence electrons. The minimum atomic E-state index is -4.84. The number of aliphatic carboxylic acids is 2. The quantitative estimate of drug-likeness (QED) is 0.358. The van der Waals surface area contributed by atoms with Gasteiger partial charge in [0.05, 0.1) is 6.42 Å². The van der Waals surface area contributed by atoms with Crippen LogP contribution in [0.25, 0.3) is 0 Å². The normalized spacial score (nSPS) is 10.3. The van der Waals surface area contributed by atoms with Crippen LogP contribution in [0.1, 0.15) is 6.42 Å². The summed E-state index contributed by atoms with van der Waals surface area (Å²) < 4.78 is 28.7. The molecule has 0 radical (unpaired) electrons. The van der Waals surface area contributed by atoms with Crippen LogP contribution >= 0.6 is 0 Å². The van der Waals surface area contributed by atoms with Gasteiger partial charge in [0.15, 0.2) is 5.25 Å². The van der Waals surface area contributed by atoms with Crippen LogP contribution in [0.2, 0.25) is 0 Å². The van der Waals surface area contributed by atoms with Crippen LogP contribution in [0.4, 0.5) is 0 Å². The second-order valence-electron chi connectivity index (χ2n) is 1.94. The Morgan fingerprint density at radius 3 is 1.38 bits per heavy atom. The summed E-state index contributed by atoms with van der Waals surface area (Å²) >= 11 is 0. The molecule has 0 saturated carbocycles. The summed E-state index contributed by atoms with van der Waals surface area (Å²) in [5.74, 6) is -3.50. The van der Waals surface area contributed by atoms with E-state index >= 15 is 0 Å². The Bertz CT molecular complexity index is 302. The molecule has 0 aromatic carbocycles. The molecule has 0 rings (SSSR count). The molecule has 0 amide bonds. The number of hydrogen-bond donors (Lipinski definition) is 3. The van der Waals surface area contributed by atoms with Crippen molar-refractivity contribution in [3.05, 3.63) is 0 Å². The van der Waals surface area contributed by atoms with Crippen LogP contribution in [-0.2, 0) is 19.7 Å². The van der Waals surface area contributed by atoms with E-state index in [1.165, 1.54) is 0 Å². The summed E-state index contributed by atoms with van der Waals surface area (Å²) in [5.41, 5.74) is 0. The van der Waals surface area contributed by atoms with Crippen LogP contribution in [0.5, 0.6) is 0 Å². The third-order valence-corrected chi connectivity index (χ3v) is 2.08. The van der Waals surface area contributed by atoms with Gasteiger partial charge in [0.1, 0.15) is 0 Å². The van der Waals surface area contributed by atoms with Crippen molar-refractivity contribution in [2.75, 3.05) is 0 Å². The molecule has 0 fully saturated rings. The van der Waals surface area contributed by atoms with E-state index in [1.807, 2.05) is 0 Å². The molecule has 1 unspecified atom stereocenters. The Hall–Kier alpha value is 2.85. The predicted octanol–water partition coefficient (Wildman–Crippen LogP) is -3.79.